The number of nitrogens with zero attached hydrogens (tertiary/aromatic N) is 1. The molecular formula is C16H19NO5. The van der Waals surface area contributed by atoms with Crippen LogP contribution in [0.5, 0.6) is 11.5 Å². The fraction of sp³-hybridized carbons (Fsp3) is 0.500. The molecule has 0 radical (unpaired) electrons. The minimum absolute atomic E-state index is 0.166. The number of hydrogen-bond acceptors (Lipinski definition) is 4. The quantitative estimate of drug-likeness (QED) is 0.901. The van der Waals surface area contributed by atoms with Crippen molar-refractivity contribution >= 4 is 11.9 Å². The fourth-order valence-electron chi connectivity index (χ4n) is 2.79. The summed E-state index contributed by atoms with van der Waals surface area (Å²) in [5, 5.41) is 9.26. The molecule has 118 valence electrons. The monoisotopic (exact) mass is 305 g/mol. The summed E-state index contributed by atoms with van der Waals surface area (Å²) in [6, 6.07) is 5.12. The Hall–Kier alpha value is -2.24. The van der Waals surface area contributed by atoms with E-state index in [0.29, 0.717) is 43.2 Å². The molecule has 6 heteroatoms. The molecule has 0 bridgehead atoms. The third-order valence-corrected chi connectivity index (χ3v) is 4.27. The summed E-state index contributed by atoms with van der Waals surface area (Å²) in [5.74, 6) is 0.191. The number of carboxylic acid groups (broad SMARTS) is 1. The highest BCUT2D eigenvalue weighted by Gasteiger charge is 2.42. The second-order valence-corrected chi connectivity index (χ2v) is 6.05. The first-order chi connectivity index (χ1) is 10.5. The van der Waals surface area contributed by atoms with Crippen LogP contribution in [0.3, 0.4) is 0 Å². The van der Waals surface area contributed by atoms with Gasteiger partial charge in [-0.05, 0) is 31.5 Å². The molecule has 1 aromatic rings. The standard InChI is InChI=1S/C16H19NO5/c1-16(15(19)20)5-6-17(10-16)14(18)11-3-4-12-13(9-11)22-8-2-7-21-12/h3-4,9H,2,5-8,10H2,1H3,(H,19,20)/t16-/m0/s1. The Labute approximate surface area is 128 Å². The number of benzene rings is 1. The molecule has 3 rings (SSSR count). The normalized spacial score (nSPS) is 24.0. The van der Waals surface area contributed by atoms with Crippen LogP contribution in [-0.4, -0.2) is 48.2 Å². The molecule has 2 aliphatic rings. The molecule has 0 aromatic heterocycles. The number of aliphatic carboxylic acids is 1. The van der Waals surface area contributed by atoms with Crippen LogP contribution < -0.4 is 9.47 Å². The number of hydrogen-bond donors (Lipinski definition) is 1. The first kappa shape index (κ1) is 14.7. The number of carbonyl (C=O) groups is 2. The summed E-state index contributed by atoms with van der Waals surface area (Å²) in [5.41, 5.74) is -0.361. The Balaban J connectivity index is 1.79. The molecule has 1 saturated heterocycles. The Morgan fingerprint density at radius 2 is 1.95 bits per heavy atom. The van der Waals surface area contributed by atoms with E-state index >= 15 is 0 Å². The van der Waals surface area contributed by atoms with E-state index in [9.17, 15) is 14.7 Å². The van der Waals surface area contributed by atoms with Gasteiger partial charge in [0.05, 0.1) is 18.6 Å². The van der Waals surface area contributed by atoms with E-state index < -0.39 is 11.4 Å². The summed E-state index contributed by atoms with van der Waals surface area (Å²) < 4.78 is 11.1. The Bertz CT molecular complexity index is 615. The van der Waals surface area contributed by atoms with Crippen LogP contribution >= 0.6 is 0 Å². The van der Waals surface area contributed by atoms with Crippen molar-refractivity contribution in [1.29, 1.82) is 0 Å². The molecule has 1 atom stereocenters. The summed E-state index contributed by atoms with van der Waals surface area (Å²) in [6.45, 7) is 3.52. The summed E-state index contributed by atoms with van der Waals surface area (Å²) >= 11 is 0. The molecule has 1 amide bonds. The van der Waals surface area contributed by atoms with E-state index in [2.05, 4.69) is 0 Å². The second-order valence-electron chi connectivity index (χ2n) is 6.05. The lowest BCUT2D eigenvalue weighted by molar-refractivity contribution is -0.147. The summed E-state index contributed by atoms with van der Waals surface area (Å²) in [4.78, 5) is 25.4. The molecule has 0 spiro atoms. The average molecular weight is 305 g/mol. The molecule has 1 fully saturated rings. The number of carboxylic acids is 1. The zero-order chi connectivity index (χ0) is 15.7. The lowest BCUT2D eigenvalue weighted by Crippen LogP contribution is -2.34. The van der Waals surface area contributed by atoms with Crippen LogP contribution in [0, 0.1) is 5.41 Å². The van der Waals surface area contributed by atoms with Crippen molar-refractivity contribution in [1.82, 2.24) is 4.90 Å². The third-order valence-electron chi connectivity index (χ3n) is 4.27. The molecule has 2 aliphatic heterocycles. The number of ether oxygens (including phenoxy) is 2. The van der Waals surface area contributed by atoms with Gasteiger partial charge in [-0.3, -0.25) is 9.59 Å². The largest absolute Gasteiger partial charge is 0.490 e. The average Bonchev–Trinajstić information content (AvgIpc) is 2.77. The van der Waals surface area contributed by atoms with Gasteiger partial charge in [0, 0.05) is 25.1 Å². The van der Waals surface area contributed by atoms with Crippen molar-refractivity contribution in [2.45, 2.75) is 19.8 Å². The van der Waals surface area contributed by atoms with Crippen molar-refractivity contribution in [3.8, 4) is 11.5 Å². The van der Waals surface area contributed by atoms with Gasteiger partial charge in [-0.2, -0.15) is 0 Å². The maximum Gasteiger partial charge on any atom is 0.311 e. The van der Waals surface area contributed by atoms with E-state index in [-0.39, 0.29) is 12.5 Å². The summed E-state index contributed by atoms with van der Waals surface area (Å²) in [6.07, 6.45) is 1.28. The second kappa shape index (κ2) is 5.51. The minimum atomic E-state index is -0.860. The van der Waals surface area contributed by atoms with Crippen LogP contribution in [0.4, 0.5) is 0 Å². The first-order valence-corrected chi connectivity index (χ1v) is 7.42. The van der Waals surface area contributed by atoms with Crippen LogP contribution in [-0.2, 0) is 4.79 Å². The van der Waals surface area contributed by atoms with Gasteiger partial charge in [0.1, 0.15) is 0 Å². The predicted molar refractivity (Wildman–Crippen MR) is 78.3 cm³/mol. The molecular weight excluding hydrogens is 286 g/mol. The van der Waals surface area contributed by atoms with Crippen molar-refractivity contribution in [2.75, 3.05) is 26.3 Å². The fourth-order valence-corrected chi connectivity index (χ4v) is 2.79. The van der Waals surface area contributed by atoms with E-state index in [1.165, 1.54) is 0 Å². The molecule has 6 nitrogen and oxygen atoms in total. The topological polar surface area (TPSA) is 76.1 Å². The Morgan fingerprint density at radius 1 is 1.23 bits per heavy atom. The molecule has 22 heavy (non-hydrogen) atoms. The lowest BCUT2D eigenvalue weighted by atomic mass is 9.90. The zero-order valence-electron chi connectivity index (χ0n) is 12.5. The van der Waals surface area contributed by atoms with E-state index in [1.54, 1.807) is 30.0 Å². The Morgan fingerprint density at radius 3 is 2.64 bits per heavy atom. The molecule has 0 aliphatic carbocycles. The van der Waals surface area contributed by atoms with E-state index in [0.717, 1.165) is 6.42 Å². The number of likely N-dealkylation sites (tertiary alicyclic amines) is 1. The molecule has 2 heterocycles. The van der Waals surface area contributed by atoms with Gasteiger partial charge in [0.2, 0.25) is 0 Å². The predicted octanol–water partition coefficient (Wildman–Crippen LogP) is 1.78. The number of carbonyl (C=O) groups excluding carboxylic acids is 1. The number of rotatable bonds is 2. The van der Waals surface area contributed by atoms with Crippen LogP contribution in [0.15, 0.2) is 18.2 Å². The van der Waals surface area contributed by atoms with Gasteiger partial charge in [-0.25, -0.2) is 0 Å². The molecule has 1 N–H and O–H groups in total. The third kappa shape index (κ3) is 2.61. The molecule has 0 unspecified atom stereocenters. The van der Waals surface area contributed by atoms with Crippen LogP contribution in [0.1, 0.15) is 30.1 Å². The molecule has 1 aromatic carbocycles. The minimum Gasteiger partial charge on any atom is -0.490 e. The van der Waals surface area contributed by atoms with Crippen LogP contribution in [0.2, 0.25) is 0 Å². The highest BCUT2D eigenvalue weighted by atomic mass is 16.5. The Kier molecular flexibility index (Phi) is 3.68. The van der Waals surface area contributed by atoms with Crippen molar-refractivity contribution in [3.05, 3.63) is 23.8 Å². The SMILES string of the molecule is C[C@]1(C(=O)O)CCN(C(=O)c2ccc3c(c2)OCCCO3)C1. The van der Waals surface area contributed by atoms with Crippen molar-refractivity contribution in [3.63, 3.8) is 0 Å². The number of amides is 1. The van der Waals surface area contributed by atoms with Gasteiger partial charge < -0.3 is 19.5 Å². The van der Waals surface area contributed by atoms with Crippen LogP contribution in [0.25, 0.3) is 0 Å². The van der Waals surface area contributed by atoms with Gasteiger partial charge in [0.15, 0.2) is 11.5 Å². The molecule has 0 saturated carbocycles. The van der Waals surface area contributed by atoms with E-state index in [1.807, 2.05) is 0 Å². The smallest absolute Gasteiger partial charge is 0.311 e. The highest BCUT2D eigenvalue weighted by molar-refractivity contribution is 5.95. The zero-order valence-corrected chi connectivity index (χ0v) is 12.5. The van der Waals surface area contributed by atoms with Crippen molar-refractivity contribution < 1.29 is 24.2 Å². The number of fused-ring (bicyclic) bond motifs is 1. The highest BCUT2D eigenvalue weighted by Crippen LogP contribution is 2.34. The summed E-state index contributed by atoms with van der Waals surface area (Å²) in [7, 11) is 0. The van der Waals surface area contributed by atoms with Gasteiger partial charge in [-0.15, -0.1) is 0 Å². The van der Waals surface area contributed by atoms with Gasteiger partial charge in [0.25, 0.3) is 5.91 Å². The maximum absolute atomic E-state index is 12.6. The van der Waals surface area contributed by atoms with Crippen molar-refractivity contribution in [2.24, 2.45) is 5.41 Å². The first-order valence-electron chi connectivity index (χ1n) is 7.42. The lowest BCUT2D eigenvalue weighted by Gasteiger charge is -2.20. The maximum atomic E-state index is 12.6. The van der Waals surface area contributed by atoms with Gasteiger partial charge >= 0.3 is 5.97 Å². The van der Waals surface area contributed by atoms with Gasteiger partial charge in [-0.1, -0.05) is 0 Å². The van der Waals surface area contributed by atoms with E-state index in [4.69, 9.17) is 9.47 Å².